The average molecular weight is 251 g/mol. The Labute approximate surface area is 103 Å². The van der Waals surface area contributed by atoms with Crippen molar-refractivity contribution in [3.8, 4) is 0 Å². The summed E-state index contributed by atoms with van der Waals surface area (Å²) < 4.78 is 1.64. The van der Waals surface area contributed by atoms with Crippen LogP contribution >= 0.6 is 11.6 Å². The SMILES string of the molecule is OC(C1C=CCC1)n1cnc2c(Cl)ncnc21. The van der Waals surface area contributed by atoms with Crippen LogP contribution in [0.4, 0.5) is 0 Å². The quantitative estimate of drug-likeness (QED) is 0.654. The lowest BCUT2D eigenvalue weighted by atomic mass is 10.1. The third kappa shape index (κ3) is 1.71. The van der Waals surface area contributed by atoms with E-state index in [0.717, 1.165) is 12.8 Å². The zero-order valence-electron chi connectivity index (χ0n) is 8.99. The summed E-state index contributed by atoms with van der Waals surface area (Å²) >= 11 is 5.91. The van der Waals surface area contributed by atoms with Gasteiger partial charge in [0.1, 0.15) is 18.1 Å². The van der Waals surface area contributed by atoms with Gasteiger partial charge in [-0.3, -0.25) is 4.57 Å². The van der Waals surface area contributed by atoms with Crippen molar-refractivity contribution in [2.45, 2.75) is 19.1 Å². The third-order valence-electron chi connectivity index (χ3n) is 3.03. The van der Waals surface area contributed by atoms with E-state index in [1.165, 1.54) is 6.33 Å². The number of aromatic nitrogens is 4. The smallest absolute Gasteiger partial charge is 0.166 e. The van der Waals surface area contributed by atoms with E-state index in [-0.39, 0.29) is 5.92 Å². The van der Waals surface area contributed by atoms with Gasteiger partial charge in [-0.05, 0) is 12.8 Å². The third-order valence-corrected chi connectivity index (χ3v) is 3.31. The molecule has 0 aromatic carbocycles. The molecule has 2 aromatic heterocycles. The van der Waals surface area contributed by atoms with Gasteiger partial charge in [0.15, 0.2) is 10.8 Å². The Bertz CT molecular complexity index is 580. The maximum absolute atomic E-state index is 10.3. The van der Waals surface area contributed by atoms with Crippen molar-refractivity contribution in [3.05, 3.63) is 30.0 Å². The summed E-state index contributed by atoms with van der Waals surface area (Å²) in [6.45, 7) is 0. The first-order chi connectivity index (χ1) is 8.27. The fourth-order valence-corrected chi connectivity index (χ4v) is 2.30. The van der Waals surface area contributed by atoms with Crippen molar-refractivity contribution in [3.63, 3.8) is 0 Å². The van der Waals surface area contributed by atoms with E-state index in [0.29, 0.717) is 16.3 Å². The summed E-state index contributed by atoms with van der Waals surface area (Å²) in [6.07, 6.45) is 8.34. The fourth-order valence-electron chi connectivity index (χ4n) is 2.13. The van der Waals surface area contributed by atoms with Crippen LogP contribution in [0.25, 0.3) is 11.2 Å². The minimum absolute atomic E-state index is 0.112. The van der Waals surface area contributed by atoms with Crippen LogP contribution in [0.15, 0.2) is 24.8 Å². The van der Waals surface area contributed by atoms with Gasteiger partial charge in [-0.15, -0.1) is 0 Å². The number of imidazole rings is 1. The topological polar surface area (TPSA) is 63.8 Å². The van der Waals surface area contributed by atoms with E-state index in [1.54, 1.807) is 10.9 Å². The van der Waals surface area contributed by atoms with E-state index >= 15 is 0 Å². The molecule has 0 fully saturated rings. The van der Waals surface area contributed by atoms with Crippen LogP contribution < -0.4 is 0 Å². The standard InChI is InChI=1S/C11H11ClN4O/c12-9-8-10(14-5-13-9)16(6-15-8)11(17)7-3-1-2-4-7/h1,3,5-7,11,17H,2,4H2. The average Bonchev–Trinajstić information content (AvgIpc) is 2.98. The first kappa shape index (κ1) is 10.7. The van der Waals surface area contributed by atoms with Crippen molar-refractivity contribution in [2.75, 3.05) is 0 Å². The zero-order valence-corrected chi connectivity index (χ0v) is 9.75. The maximum Gasteiger partial charge on any atom is 0.166 e. The summed E-state index contributed by atoms with van der Waals surface area (Å²) in [6, 6.07) is 0. The Morgan fingerprint density at radius 2 is 2.29 bits per heavy atom. The second-order valence-corrected chi connectivity index (χ2v) is 4.43. The number of aliphatic hydroxyl groups is 1. The van der Waals surface area contributed by atoms with Gasteiger partial charge in [-0.2, -0.15) is 0 Å². The summed E-state index contributed by atoms with van der Waals surface area (Å²) in [5, 5.41) is 10.6. The molecule has 1 aliphatic rings. The van der Waals surface area contributed by atoms with E-state index in [1.807, 2.05) is 6.08 Å². The first-order valence-electron chi connectivity index (χ1n) is 5.45. The largest absolute Gasteiger partial charge is 0.373 e. The number of rotatable bonds is 2. The molecule has 17 heavy (non-hydrogen) atoms. The van der Waals surface area contributed by atoms with Crippen molar-refractivity contribution in [1.82, 2.24) is 19.5 Å². The predicted molar refractivity (Wildman–Crippen MR) is 63.5 cm³/mol. The first-order valence-corrected chi connectivity index (χ1v) is 5.83. The van der Waals surface area contributed by atoms with Gasteiger partial charge in [0, 0.05) is 5.92 Å². The molecular formula is C11H11ClN4O. The Morgan fingerprint density at radius 3 is 3.06 bits per heavy atom. The van der Waals surface area contributed by atoms with Gasteiger partial charge in [-0.25, -0.2) is 15.0 Å². The molecule has 1 aliphatic carbocycles. The summed E-state index contributed by atoms with van der Waals surface area (Å²) in [5.41, 5.74) is 1.09. The monoisotopic (exact) mass is 250 g/mol. The molecule has 1 N–H and O–H groups in total. The molecule has 0 saturated carbocycles. The Hall–Kier alpha value is -1.46. The molecule has 88 valence electrons. The van der Waals surface area contributed by atoms with Gasteiger partial charge >= 0.3 is 0 Å². The fraction of sp³-hybridized carbons (Fsp3) is 0.364. The highest BCUT2D eigenvalue weighted by Crippen LogP contribution is 2.29. The second-order valence-electron chi connectivity index (χ2n) is 4.07. The minimum atomic E-state index is -0.648. The molecule has 2 unspecified atom stereocenters. The summed E-state index contributed by atoms with van der Waals surface area (Å²) in [4.78, 5) is 12.1. The molecule has 2 aromatic rings. The Morgan fingerprint density at radius 1 is 1.41 bits per heavy atom. The van der Waals surface area contributed by atoms with Crippen molar-refractivity contribution in [2.24, 2.45) is 5.92 Å². The highest BCUT2D eigenvalue weighted by atomic mass is 35.5. The normalized spacial score (nSPS) is 21.2. The van der Waals surface area contributed by atoms with Gasteiger partial charge < -0.3 is 5.11 Å². The zero-order chi connectivity index (χ0) is 11.8. The van der Waals surface area contributed by atoms with Crippen LogP contribution in [0.3, 0.4) is 0 Å². The lowest BCUT2D eigenvalue weighted by Crippen LogP contribution is -2.15. The van der Waals surface area contributed by atoms with Crippen molar-refractivity contribution < 1.29 is 5.11 Å². The van der Waals surface area contributed by atoms with Gasteiger partial charge in [0.05, 0.1) is 6.33 Å². The molecule has 0 amide bonds. The number of halogens is 1. The predicted octanol–water partition coefficient (Wildman–Crippen LogP) is 1.94. The van der Waals surface area contributed by atoms with Gasteiger partial charge in [0.2, 0.25) is 0 Å². The van der Waals surface area contributed by atoms with E-state index in [4.69, 9.17) is 11.6 Å². The molecule has 0 radical (unpaired) electrons. The second kappa shape index (κ2) is 4.09. The number of nitrogens with zero attached hydrogens (tertiary/aromatic N) is 4. The summed E-state index contributed by atoms with van der Waals surface area (Å²) in [7, 11) is 0. The van der Waals surface area contributed by atoms with Crippen LogP contribution in [0, 0.1) is 5.92 Å². The van der Waals surface area contributed by atoms with E-state index < -0.39 is 6.23 Å². The molecule has 2 heterocycles. The van der Waals surface area contributed by atoms with Crippen LogP contribution in [-0.2, 0) is 0 Å². The highest BCUT2D eigenvalue weighted by molar-refractivity contribution is 6.33. The van der Waals surface area contributed by atoms with E-state index in [2.05, 4.69) is 21.0 Å². The van der Waals surface area contributed by atoms with Gasteiger partial charge in [-0.1, -0.05) is 23.8 Å². The lowest BCUT2D eigenvalue weighted by Gasteiger charge is -2.17. The molecule has 0 saturated heterocycles. The van der Waals surface area contributed by atoms with Gasteiger partial charge in [0.25, 0.3) is 0 Å². The molecule has 2 atom stereocenters. The maximum atomic E-state index is 10.3. The van der Waals surface area contributed by atoms with Crippen molar-refractivity contribution >= 4 is 22.8 Å². The highest BCUT2D eigenvalue weighted by Gasteiger charge is 2.23. The molecule has 6 heteroatoms. The number of hydrogen-bond donors (Lipinski definition) is 1. The minimum Gasteiger partial charge on any atom is -0.373 e. The number of aliphatic hydroxyl groups excluding tert-OH is 1. The molecule has 3 rings (SSSR count). The number of fused-ring (bicyclic) bond motifs is 1. The van der Waals surface area contributed by atoms with Crippen LogP contribution in [0.5, 0.6) is 0 Å². The van der Waals surface area contributed by atoms with Crippen LogP contribution in [-0.4, -0.2) is 24.6 Å². The molecule has 0 bridgehead atoms. The van der Waals surface area contributed by atoms with E-state index in [9.17, 15) is 5.11 Å². The number of allylic oxidation sites excluding steroid dienone is 1. The summed E-state index contributed by atoms with van der Waals surface area (Å²) in [5.74, 6) is 0.112. The Balaban J connectivity index is 2.05. The molecule has 0 aliphatic heterocycles. The Kier molecular flexibility index (Phi) is 2.57. The van der Waals surface area contributed by atoms with Crippen molar-refractivity contribution in [1.29, 1.82) is 0 Å². The molecule has 0 spiro atoms. The van der Waals surface area contributed by atoms with Crippen LogP contribution in [0.1, 0.15) is 19.1 Å². The van der Waals surface area contributed by atoms with Crippen LogP contribution in [0.2, 0.25) is 5.15 Å². The number of hydrogen-bond acceptors (Lipinski definition) is 4. The lowest BCUT2D eigenvalue weighted by molar-refractivity contribution is 0.0642. The molecular weight excluding hydrogens is 240 g/mol. The molecule has 5 nitrogen and oxygen atoms in total.